The zero-order valence-electron chi connectivity index (χ0n) is 21.4. The van der Waals surface area contributed by atoms with E-state index in [1.54, 1.807) is 6.07 Å². The summed E-state index contributed by atoms with van der Waals surface area (Å²) < 4.78 is 5.65. The quantitative estimate of drug-likeness (QED) is 0.258. The molecule has 0 aromatic heterocycles. The Bertz CT molecular complexity index is 872. The van der Waals surface area contributed by atoms with E-state index in [4.69, 9.17) is 10.5 Å². The van der Waals surface area contributed by atoms with Crippen molar-refractivity contribution < 1.29 is 19.1 Å². The molecule has 3 aliphatic carbocycles. The lowest BCUT2D eigenvalue weighted by Crippen LogP contribution is -2.27. The maximum atomic E-state index is 12.7. The Hall–Kier alpha value is -2.17. The smallest absolute Gasteiger partial charge is 0.314 e. The van der Waals surface area contributed by atoms with Gasteiger partial charge in [-0.05, 0) is 106 Å². The van der Waals surface area contributed by atoms with Crippen LogP contribution < -0.4 is 10.5 Å². The third-order valence-electron chi connectivity index (χ3n) is 9.28. The number of carbonyl (C=O) groups excluding carboxylic acids is 3. The van der Waals surface area contributed by atoms with Crippen LogP contribution in [0.25, 0.3) is 0 Å². The van der Waals surface area contributed by atoms with E-state index in [-0.39, 0.29) is 23.6 Å². The fourth-order valence-electron chi connectivity index (χ4n) is 7.05. The first-order valence-electron chi connectivity index (χ1n) is 14.1. The van der Waals surface area contributed by atoms with Crippen molar-refractivity contribution in [2.45, 2.75) is 103 Å². The lowest BCUT2D eigenvalue weighted by atomic mass is 9.68. The van der Waals surface area contributed by atoms with Crippen molar-refractivity contribution in [1.82, 2.24) is 0 Å². The molecule has 0 heterocycles. The van der Waals surface area contributed by atoms with Crippen molar-refractivity contribution in [3.05, 3.63) is 29.3 Å². The standard InChI is InChI=1S/C30H43NO4/c1-2-3-20-4-8-22(9-5-20)23-12-14-24(15-13-23)26-16-17-28(27(18-26)29(31)33)35-30(34)25-10-6-21(19-32)7-11-25/h16-25H,2-15H2,1H3,(H2,31,33). The molecule has 5 heteroatoms. The fourth-order valence-corrected chi connectivity index (χ4v) is 7.05. The third-order valence-corrected chi connectivity index (χ3v) is 9.28. The van der Waals surface area contributed by atoms with Gasteiger partial charge in [0.2, 0.25) is 0 Å². The summed E-state index contributed by atoms with van der Waals surface area (Å²) in [5.41, 5.74) is 7.12. The van der Waals surface area contributed by atoms with Crippen molar-refractivity contribution in [3.8, 4) is 5.75 Å². The molecule has 0 spiro atoms. The Morgan fingerprint density at radius 1 is 0.914 bits per heavy atom. The molecule has 3 saturated carbocycles. The molecule has 0 bridgehead atoms. The molecule has 35 heavy (non-hydrogen) atoms. The van der Waals surface area contributed by atoms with Crippen molar-refractivity contribution >= 4 is 18.2 Å². The maximum absolute atomic E-state index is 12.7. The van der Waals surface area contributed by atoms with Gasteiger partial charge in [0.1, 0.15) is 12.0 Å². The van der Waals surface area contributed by atoms with E-state index in [0.29, 0.717) is 37.2 Å². The highest BCUT2D eigenvalue weighted by Crippen LogP contribution is 2.45. The Balaban J connectivity index is 1.33. The molecule has 5 nitrogen and oxygen atoms in total. The van der Waals surface area contributed by atoms with E-state index >= 15 is 0 Å². The highest BCUT2D eigenvalue weighted by molar-refractivity contribution is 5.96. The van der Waals surface area contributed by atoms with Crippen LogP contribution in [0.3, 0.4) is 0 Å². The number of hydrogen-bond donors (Lipinski definition) is 1. The number of aldehydes is 1. The van der Waals surface area contributed by atoms with Gasteiger partial charge in [-0.15, -0.1) is 0 Å². The monoisotopic (exact) mass is 481 g/mol. The Morgan fingerprint density at radius 3 is 2.11 bits per heavy atom. The second kappa shape index (κ2) is 12.2. The molecule has 1 aromatic carbocycles. The summed E-state index contributed by atoms with van der Waals surface area (Å²) in [4.78, 5) is 35.9. The average molecular weight is 482 g/mol. The number of primary amides is 1. The Morgan fingerprint density at radius 2 is 1.54 bits per heavy atom. The van der Waals surface area contributed by atoms with Gasteiger partial charge in [0, 0.05) is 5.92 Å². The van der Waals surface area contributed by atoms with E-state index in [0.717, 1.165) is 42.4 Å². The largest absolute Gasteiger partial charge is 0.425 e. The molecule has 0 unspecified atom stereocenters. The first-order chi connectivity index (χ1) is 17.0. The molecule has 0 atom stereocenters. The highest BCUT2D eigenvalue weighted by atomic mass is 16.5. The first-order valence-corrected chi connectivity index (χ1v) is 14.1. The minimum Gasteiger partial charge on any atom is -0.425 e. The predicted octanol–water partition coefficient (Wildman–Crippen LogP) is 6.58. The third kappa shape index (κ3) is 6.54. The van der Waals surface area contributed by atoms with Crippen LogP contribution >= 0.6 is 0 Å². The van der Waals surface area contributed by atoms with Gasteiger partial charge in [-0.1, -0.05) is 38.7 Å². The van der Waals surface area contributed by atoms with Crippen molar-refractivity contribution in [3.63, 3.8) is 0 Å². The summed E-state index contributed by atoms with van der Waals surface area (Å²) in [6, 6.07) is 5.62. The highest BCUT2D eigenvalue weighted by Gasteiger charge is 2.32. The summed E-state index contributed by atoms with van der Waals surface area (Å²) in [5, 5.41) is 0. The van der Waals surface area contributed by atoms with E-state index < -0.39 is 5.91 Å². The van der Waals surface area contributed by atoms with Gasteiger partial charge in [-0.2, -0.15) is 0 Å². The molecule has 2 N–H and O–H groups in total. The predicted molar refractivity (Wildman–Crippen MR) is 137 cm³/mol. The lowest BCUT2D eigenvalue weighted by molar-refractivity contribution is -0.140. The topological polar surface area (TPSA) is 86.5 Å². The molecule has 3 aliphatic rings. The summed E-state index contributed by atoms with van der Waals surface area (Å²) in [6.45, 7) is 2.30. The number of carbonyl (C=O) groups is 3. The van der Waals surface area contributed by atoms with Gasteiger partial charge in [-0.3, -0.25) is 9.59 Å². The van der Waals surface area contributed by atoms with Crippen LogP contribution in [0, 0.1) is 29.6 Å². The summed E-state index contributed by atoms with van der Waals surface area (Å²) in [5.74, 6) is 2.34. The van der Waals surface area contributed by atoms with Crippen LogP contribution in [-0.4, -0.2) is 18.2 Å². The SMILES string of the molecule is CCCC1CCC(C2CCC(c3ccc(OC(=O)C4CCC(C=O)CC4)c(C(N)=O)c3)CC2)CC1. The van der Waals surface area contributed by atoms with Crippen LogP contribution in [0.15, 0.2) is 18.2 Å². The molecule has 3 fully saturated rings. The average Bonchev–Trinajstić information content (AvgIpc) is 2.89. The van der Waals surface area contributed by atoms with E-state index in [1.165, 1.54) is 51.4 Å². The first kappa shape index (κ1) is 25.9. The van der Waals surface area contributed by atoms with Gasteiger partial charge in [0.05, 0.1) is 11.5 Å². The molecule has 0 radical (unpaired) electrons. The van der Waals surface area contributed by atoms with Crippen LogP contribution in [0.4, 0.5) is 0 Å². The molecular weight excluding hydrogens is 438 g/mol. The fraction of sp³-hybridized carbons (Fsp3) is 0.700. The number of rotatable bonds is 8. The molecular formula is C30H43NO4. The molecule has 0 aliphatic heterocycles. The number of amides is 1. The van der Waals surface area contributed by atoms with Crippen LogP contribution in [-0.2, 0) is 9.59 Å². The van der Waals surface area contributed by atoms with Gasteiger partial charge < -0.3 is 15.3 Å². The normalized spacial score (nSPS) is 31.5. The van der Waals surface area contributed by atoms with Crippen LogP contribution in [0.1, 0.15) is 119 Å². The van der Waals surface area contributed by atoms with Crippen molar-refractivity contribution in [1.29, 1.82) is 0 Å². The minimum absolute atomic E-state index is 0.0469. The molecule has 1 amide bonds. The number of hydrogen-bond acceptors (Lipinski definition) is 4. The second-order valence-electron chi connectivity index (χ2n) is 11.5. The zero-order valence-corrected chi connectivity index (χ0v) is 21.4. The zero-order chi connectivity index (χ0) is 24.8. The van der Waals surface area contributed by atoms with Gasteiger partial charge >= 0.3 is 5.97 Å². The van der Waals surface area contributed by atoms with Crippen LogP contribution in [0.5, 0.6) is 5.75 Å². The van der Waals surface area contributed by atoms with E-state index in [1.807, 2.05) is 12.1 Å². The molecule has 1 aromatic rings. The summed E-state index contributed by atoms with van der Waals surface area (Å²) in [7, 11) is 0. The summed E-state index contributed by atoms with van der Waals surface area (Å²) in [6.07, 6.45) is 16.9. The Kier molecular flexibility index (Phi) is 9.02. The van der Waals surface area contributed by atoms with Gasteiger partial charge in [-0.25, -0.2) is 0 Å². The number of ether oxygens (including phenoxy) is 1. The lowest BCUT2D eigenvalue weighted by Gasteiger charge is -2.38. The van der Waals surface area contributed by atoms with Gasteiger partial charge in [0.15, 0.2) is 0 Å². The second-order valence-corrected chi connectivity index (χ2v) is 11.5. The maximum Gasteiger partial charge on any atom is 0.314 e. The van der Waals surface area contributed by atoms with E-state index in [9.17, 15) is 14.4 Å². The van der Waals surface area contributed by atoms with Crippen molar-refractivity contribution in [2.24, 2.45) is 35.3 Å². The van der Waals surface area contributed by atoms with Crippen LogP contribution in [0.2, 0.25) is 0 Å². The molecule has 4 rings (SSSR count). The minimum atomic E-state index is -0.558. The van der Waals surface area contributed by atoms with E-state index in [2.05, 4.69) is 6.92 Å². The van der Waals surface area contributed by atoms with Gasteiger partial charge in [0.25, 0.3) is 5.91 Å². The molecule has 192 valence electrons. The number of esters is 1. The molecule has 0 saturated heterocycles. The Labute approximate surface area is 210 Å². The number of nitrogens with two attached hydrogens (primary N) is 1. The number of benzene rings is 1. The van der Waals surface area contributed by atoms with Crippen molar-refractivity contribution in [2.75, 3.05) is 0 Å². The summed E-state index contributed by atoms with van der Waals surface area (Å²) >= 11 is 0.